The average molecular weight is 657 g/mol. The third-order valence-electron chi connectivity index (χ3n) is 7.71. The Morgan fingerprint density at radius 3 is 1.60 bits per heavy atom. The van der Waals surface area contributed by atoms with E-state index in [0.29, 0.717) is 41.0 Å². The van der Waals surface area contributed by atoms with Crippen LogP contribution < -0.4 is 9.47 Å². The average Bonchev–Trinajstić information content (AvgIpc) is 3.10. The van der Waals surface area contributed by atoms with Crippen molar-refractivity contribution in [2.45, 2.75) is 78.2 Å². The van der Waals surface area contributed by atoms with Gasteiger partial charge in [-0.15, -0.1) is 0 Å². The molecule has 4 rings (SSSR count). The zero-order valence-electron chi connectivity index (χ0n) is 28.5. The summed E-state index contributed by atoms with van der Waals surface area (Å²) in [5, 5.41) is 8.83. The number of esters is 1. The van der Waals surface area contributed by atoms with Gasteiger partial charge in [-0.3, -0.25) is 14.4 Å². The Labute approximate surface area is 284 Å². The minimum absolute atomic E-state index is 0.0125. The van der Waals surface area contributed by atoms with E-state index in [-0.39, 0.29) is 43.1 Å². The molecular weight excluding hydrogens is 608 g/mol. The molecule has 0 saturated heterocycles. The third kappa shape index (κ3) is 12.9. The fourth-order valence-electron chi connectivity index (χ4n) is 4.82. The molecule has 0 spiro atoms. The summed E-state index contributed by atoms with van der Waals surface area (Å²) in [6.45, 7) is 7.40. The summed E-state index contributed by atoms with van der Waals surface area (Å²) >= 11 is 0. The van der Waals surface area contributed by atoms with E-state index in [2.05, 4.69) is 0 Å². The number of carbonyl (C=O) groups is 4. The number of hydrogen-bond donors (Lipinski definition) is 1. The lowest BCUT2D eigenvalue weighted by atomic mass is 9.98. The van der Waals surface area contributed by atoms with Crippen LogP contribution in [0.3, 0.4) is 0 Å². The summed E-state index contributed by atoms with van der Waals surface area (Å²) in [6, 6.07) is 13.7. The highest BCUT2D eigenvalue weighted by Gasteiger charge is 2.22. The van der Waals surface area contributed by atoms with Gasteiger partial charge in [0.2, 0.25) is 0 Å². The Balaban J connectivity index is 0.000000269. The highest BCUT2D eigenvalue weighted by atomic mass is 16.6. The highest BCUT2D eigenvalue weighted by Crippen LogP contribution is 2.21. The van der Waals surface area contributed by atoms with Crippen molar-refractivity contribution in [3.05, 3.63) is 107 Å². The van der Waals surface area contributed by atoms with Crippen LogP contribution in [-0.2, 0) is 14.3 Å². The lowest BCUT2D eigenvalue weighted by Gasteiger charge is -2.25. The molecule has 48 heavy (non-hydrogen) atoms. The summed E-state index contributed by atoms with van der Waals surface area (Å²) in [5.74, 6) is 0.714. The molecule has 8 nitrogen and oxygen atoms in total. The fourth-order valence-corrected chi connectivity index (χ4v) is 4.82. The Kier molecular flexibility index (Phi) is 15.2. The number of ether oxygens (including phenoxy) is 3. The Bertz CT molecular complexity index is 1510. The minimum Gasteiger partial charge on any atom is -0.486 e. The van der Waals surface area contributed by atoms with Crippen molar-refractivity contribution in [2.75, 3.05) is 19.8 Å². The monoisotopic (exact) mass is 656 g/mol. The van der Waals surface area contributed by atoms with E-state index in [0.717, 1.165) is 37.7 Å². The molecule has 0 aromatic heterocycles. The van der Waals surface area contributed by atoms with Crippen LogP contribution in [0.25, 0.3) is 0 Å². The van der Waals surface area contributed by atoms with Gasteiger partial charge >= 0.3 is 5.97 Å². The molecule has 0 fully saturated rings. The van der Waals surface area contributed by atoms with Crippen molar-refractivity contribution in [1.29, 1.82) is 0 Å². The molecule has 1 N–H and O–H groups in total. The van der Waals surface area contributed by atoms with Gasteiger partial charge in [0.05, 0.1) is 0 Å². The smallest absolute Gasteiger partial charge is 0.344 e. The van der Waals surface area contributed by atoms with Crippen LogP contribution in [0.2, 0.25) is 0 Å². The van der Waals surface area contributed by atoms with Crippen molar-refractivity contribution in [3.63, 3.8) is 0 Å². The van der Waals surface area contributed by atoms with Crippen LogP contribution in [0, 0.1) is 5.92 Å². The van der Waals surface area contributed by atoms with E-state index in [9.17, 15) is 19.2 Å². The first-order valence-electron chi connectivity index (χ1n) is 16.6. The molecule has 2 aliphatic rings. The number of rotatable bonds is 16. The Morgan fingerprint density at radius 2 is 1.19 bits per heavy atom. The molecule has 8 heteroatoms. The molecule has 2 aromatic rings. The number of allylic oxidation sites excluding steroid dienone is 8. The predicted octanol–water partition coefficient (Wildman–Crippen LogP) is 7.76. The zero-order chi connectivity index (χ0) is 34.9. The molecule has 0 bridgehead atoms. The largest absolute Gasteiger partial charge is 0.486 e. The number of Topliss-reactive ketones (excluding diaryl/α,β-unsaturated/α-hetero) is 3. The Morgan fingerprint density at radius 1 is 0.708 bits per heavy atom. The van der Waals surface area contributed by atoms with E-state index in [1.54, 1.807) is 48.5 Å². The van der Waals surface area contributed by atoms with Crippen LogP contribution in [0.1, 0.15) is 93.4 Å². The van der Waals surface area contributed by atoms with Gasteiger partial charge in [-0.2, -0.15) is 0 Å². The van der Waals surface area contributed by atoms with Crippen molar-refractivity contribution < 1.29 is 38.5 Å². The van der Waals surface area contributed by atoms with Crippen LogP contribution in [0.15, 0.2) is 96.1 Å². The SMILES string of the molecule is CC(C)(CCCCO)OC(=O)COc1ccc(C(=O)C2=CCCC=C2)cc1.CC(C)C(=O)COc1ccc(C(=O)C2=CCCC=C2)cc1. The molecule has 0 heterocycles. The van der Waals surface area contributed by atoms with Gasteiger partial charge in [0.1, 0.15) is 23.7 Å². The number of aliphatic hydroxyl groups is 1. The number of aliphatic hydroxyl groups excluding tert-OH is 1. The quantitative estimate of drug-likeness (QED) is 0.111. The molecule has 0 radical (unpaired) electrons. The first-order chi connectivity index (χ1) is 23.0. The summed E-state index contributed by atoms with van der Waals surface area (Å²) in [6.07, 6.45) is 17.6. The van der Waals surface area contributed by atoms with Gasteiger partial charge < -0.3 is 19.3 Å². The van der Waals surface area contributed by atoms with Crippen LogP contribution in [0.4, 0.5) is 0 Å². The van der Waals surface area contributed by atoms with E-state index in [4.69, 9.17) is 19.3 Å². The summed E-state index contributed by atoms with van der Waals surface area (Å²) < 4.78 is 16.3. The lowest BCUT2D eigenvalue weighted by Crippen LogP contribution is -2.30. The first kappa shape index (κ1) is 37.9. The summed E-state index contributed by atoms with van der Waals surface area (Å²) in [4.78, 5) is 48.1. The van der Waals surface area contributed by atoms with Gasteiger partial charge in [0, 0.05) is 34.8 Å². The minimum atomic E-state index is -0.590. The maximum atomic E-state index is 12.4. The van der Waals surface area contributed by atoms with Crippen molar-refractivity contribution >= 4 is 23.3 Å². The second-order valence-electron chi connectivity index (χ2n) is 12.6. The molecule has 0 atom stereocenters. The van der Waals surface area contributed by atoms with Gasteiger partial charge in [-0.25, -0.2) is 4.79 Å². The normalized spacial score (nSPS) is 13.9. The predicted molar refractivity (Wildman–Crippen MR) is 186 cm³/mol. The molecular formula is C40H48O8. The number of carbonyl (C=O) groups excluding carboxylic acids is 4. The van der Waals surface area contributed by atoms with Crippen molar-refractivity contribution in [3.8, 4) is 11.5 Å². The van der Waals surface area contributed by atoms with Crippen LogP contribution >= 0.6 is 0 Å². The second-order valence-corrected chi connectivity index (χ2v) is 12.6. The maximum Gasteiger partial charge on any atom is 0.344 e. The maximum absolute atomic E-state index is 12.4. The fraction of sp³-hybridized carbons (Fsp3) is 0.400. The molecule has 0 unspecified atom stereocenters. The van der Waals surface area contributed by atoms with Gasteiger partial charge in [0.15, 0.2) is 24.0 Å². The standard InChI is InChI=1S/C22H28O5.C18H20O3/c1-22(2,14-6-7-15-23)27-20(24)16-26-19-12-10-18(11-13-19)21(25)17-8-4-3-5-9-17;1-13(2)17(19)12-21-16-10-8-15(9-11-16)18(20)14-6-4-3-5-7-14/h4,8-13,23H,3,5-7,14-16H2,1-2H3;4,6-11,13H,3,5,12H2,1-2H3. The topological polar surface area (TPSA) is 116 Å². The van der Waals surface area contributed by atoms with Gasteiger partial charge in [0.25, 0.3) is 0 Å². The molecule has 0 amide bonds. The van der Waals surface area contributed by atoms with E-state index in [1.165, 1.54) is 0 Å². The number of hydrogen-bond acceptors (Lipinski definition) is 8. The molecule has 0 aliphatic heterocycles. The van der Waals surface area contributed by atoms with Gasteiger partial charge in [-0.05, 0) is 107 Å². The highest BCUT2D eigenvalue weighted by molar-refractivity contribution is 6.11. The van der Waals surface area contributed by atoms with E-state index >= 15 is 0 Å². The number of unbranched alkanes of at least 4 members (excludes halogenated alkanes) is 1. The lowest BCUT2D eigenvalue weighted by molar-refractivity contribution is -0.159. The summed E-state index contributed by atoms with van der Waals surface area (Å²) in [7, 11) is 0. The summed E-state index contributed by atoms with van der Waals surface area (Å²) in [5.41, 5.74) is 2.09. The Hall–Kier alpha value is -4.56. The zero-order valence-corrected chi connectivity index (χ0v) is 28.5. The molecule has 2 aromatic carbocycles. The van der Waals surface area contributed by atoms with E-state index in [1.807, 2.05) is 64.2 Å². The molecule has 256 valence electrons. The number of ketones is 3. The van der Waals surface area contributed by atoms with Crippen LogP contribution in [-0.4, -0.2) is 53.8 Å². The molecule has 0 saturated carbocycles. The van der Waals surface area contributed by atoms with Gasteiger partial charge in [-0.1, -0.05) is 50.3 Å². The number of benzene rings is 2. The van der Waals surface area contributed by atoms with E-state index < -0.39 is 11.6 Å². The van der Waals surface area contributed by atoms with Crippen molar-refractivity contribution in [1.82, 2.24) is 0 Å². The third-order valence-corrected chi connectivity index (χ3v) is 7.71. The first-order valence-corrected chi connectivity index (χ1v) is 16.6. The second kappa shape index (κ2) is 19.3. The van der Waals surface area contributed by atoms with Crippen LogP contribution in [0.5, 0.6) is 11.5 Å². The van der Waals surface area contributed by atoms with Crippen molar-refractivity contribution in [2.24, 2.45) is 5.92 Å². The molecule has 2 aliphatic carbocycles.